The highest BCUT2D eigenvalue weighted by Gasteiger charge is 2.32. The van der Waals surface area contributed by atoms with Crippen LogP contribution in [-0.2, 0) is 0 Å². The summed E-state index contributed by atoms with van der Waals surface area (Å²) < 4.78 is 2.24. The minimum absolute atomic E-state index is 0. The average Bonchev–Trinajstić information content (AvgIpc) is 3.65. The summed E-state index contributed by atoms with van der Waals surface area (Å²) in [6.07, 6.45) is 0. The summed E-state index contributed by atoms with van der Waals surface area (Å²) in [5.41, 5.74) is 23.8. The molecule has 0 atom stereocenters. The Labute approximate surface area is 399 Å². The Morgan fingerprint density at radius 1 is 0.246 bits per heavy atom. The third-order valence-electron chi connectivity index (χ3n) is 12.2. The number of nitrogens with zero attached hydrogens (tertiary/aromatic N) is 1. The Bertz CT molecular complexity index is 3160. The number of benzene rings is 10. The van der Waals surface area contributed by atoms with Crippen molar-refractivity contribution in [3.05, 3.63) is 246 Å². The van der Waals surface area contributed by atoms with Crippen molar-refractivity contribution in [1.82, 2.24) is 0 Å². The topological polar surface area (TPSA) is 15.3 Å². The first-order valence-corrected chi connectivity index (χ1v) is 23.1. The summed E-state index contributed by atoms with van der Waals surface area (Å²) in [5.74, 6) is 0. The lowest BCUT2D eigenvalue weighted by molar-refractivity contribution is 1.31. The zero-order valence-corrected chi connectivity index (χ0v) is 38.5. The molecule has 10 aromatic rings. The fourth-order valence-electron chi connectivity index (χ4n) is 9.40. The molecule has 3 aliphatic heterocycles. The van der Waals surface area contributed by atoms with E-state index in [0.29, 0.717) is 0 Å². The maximum atomic E-state index is 3.55. The predicted octanol–water partition coefficient (Wildman–Crippen LogP) is 18.0. The van der Waals surface area contributed by atoms with E-state index in [-0.39, 0.29) is 8.41 Å². The van der Waals surface area contributed by atoms with Crippen molar-refractivity contribution in [2.75, 3.05) is 10.2 Å². The number of halogens is 2. The maximum absolute atomic E-state index is 3.55. The second-order valence-electron chi connectivity index (χ2n) is 15.9. The van der Waals surface area contributed by atoms with Crippen LogP contribution in [0.1, 0.15) is 0 Å². The molecule has 0 spiro atoms. The summed E-state index contributed by atoms with van der Waals surface area (Å²) in [6, 6.07) is 83.9. The molecule has 5 heteroatoms. The van der Waals surface area contributed by atoms with E-state index in [1.807, 2.05) is 24.3 Å². The Kier molecular flexibility index (Phi) is 11.7. The number of hydrogen-bond donors (Lipinski definition) is 1. The van der Waals surface area contributed by atoms with Crippen molar-refractivity contribution in [2.24, 2.45) is 0 Å². The molecular weight excluding hydrogens is 919 g/mol. The highest BCUT2D eigenvalue weighted by atomic mass is 79.9. The van der Waals surface area contributed by atoms with Gasteiger partial charge in [0.15, 0.2) is 0 Å². The SMILES string of the molecule is Brc1ccccc1-c1ccccc1Br.[B].c1ccc2c(c1)-c1ccccc1N1c3ccccc3-c3ccccc3-c3cccc-2c31.c1ccc2c(c1)Nc1ccccc1-c1ccccc1-2. The predicted molar refractivity (Wildman–Crippen MR) is 284 cm³/mol. The molecule has 10 aromatic carbocycles. The largest absolute Gasteiger partial charge is 0.355 e. The molecule has 0 amide bonds. The van der Waals surface area contributed by atoms with Gasteiger partial charge in [-0.25, -0.2) is 0 Å². The molecular formula is C60H40BBr2N2. The van der Waals surface area contributed by atoms with Crippen molar-refractivity contribution in [3.63, 3.8) is 0 Å². The van der Waals surface area contributed by atoms with Crippen LogP contribution in [-0.4, -0.2) is 8.41 Å². The molecule has 3 heterocycles. The standard InChI is InChI=1S/C30H19N.C18H13N.C12H8Br2.B/c1-3-12-22-20(10-1)24-14-5-7-18-28(24)31-29-19-8-6-15-25(29)21-11-2-4-13-23(21)27-17-9-16-26(22)30(27)31;1-2-8-14-13(7-1)15-9-3-5-11-17(15)19-18-12-6-4-10-16(14)18;13-11-7-3-1-5-9(11)10-6-2-4-8-12(10)14;/h1-19H;1-12,19H;1-8H;. The van der Waals surface area contributed by atoms with Crippen LogP contribution in [0.15, 0.2) is 246 Å². The van der Waals surface area contributed by atoms with Gasteiger partial charge in [-0.1, -0.05) is 232 Å². The lowest BCUT2D eigenvalue weighted by Crippen LogP contribution is -2.11. The number of rotatable bonds is 1. The van der Waals surface area contributed by atoms with Gasteiger partial charge in [0.05, 0.1) is 17.1 Å². The summed E-state index contributed by atoms with van der Waals surface area (Å²) in [6.45, 7) is 0. The van der Waals surface area contributed by atoms with Gasteiger partial charge in [-0.3, -0.25) is 0 Å². The maximum Gasteiger partial charge on any atom is 0.0619 e. The molecule has 0 bridgehead atoms. The molecule has 2 nitrogen and oxygen atoms in total. The Balaban J connectivity index is 0.000000125. The summed E-state index contributed by atoms with van der Waals surface area (Å²) in [4.78, 5) is 2.48. The number of hydrogen-bond acceptors (Lipinski definition) is 2. The van der Waals surface area contributed by atoms with Crippen molar-refractivity contribution >= 4 is 68.7 Å². The van der Waals surface area contributed by atoms with Crippen molar-refractivity contribution < 1.29 is 0 Å². The van der Waals surface area contributed by atoms with Crippen LogP contribution in [0.4, 0.5) is 28.4 Å². The van der Waals surface area contributed by atoms with E-state index in [0.717, 1.165) is 8.95 Å². The van der Waals surface area contributed by atoms with Gasteiger partial charge in [-0.2, -0.15) is 0 Å². The van der Waals surface area contributed by atoms with E-state index in [1.54, 1.807) is 0 Å². The van der Waals surface area contributed by atoms with Gasteiger partial charge >= 0.3 is 0 Å². The highest BCUT2D eigenvalue weighted by Crippen LogP contribution is 2.58. The monoisotopic (exact) mass is 957 g/mol. The van der Waals surface area contributed by atoms with E-state index in [2.05, 4.69) is 254 Å². The minimum Gasteiger partial charge on any atom is -0.355 e. The molecule has 0 saturated carbocycles. The second kappa shape index (κ2) is 18.1. The quantitative estimate of drug-likeness (QED) is 0.165. The third kappa shape index (κ3) is 7.61. The van der Waals surface area contributed by atoms with Crippen LogP contribution >= 0.6 is 31.9 Å². The smallest absolute Gasteiger partial charge is 0.0619 e. The van der Waals surface area contributed by atoms with Gasteiger partial charge < -0.3 is 10.2 Å². The number of anilines is 5. The number of fused-ring (bicyclic) bond motifs is 15. The zero-order valence-electron chi connectivity index (χ0n) is 35.3. The molecule has 0 aromatic heterocycles. The molecule has 3 aliphatic rings. The molecule has 13 rings (SSSR count). The summed E-state index contributed by atoms with van der Waals surface area (Å²) >= 11 is 7.09. The first kappa shape index (κ1) is 41.8. The Morgan fingerprint density at radius 2 is 0.508 bits per heavy atom. The number of nitrogens with one attached hydrogen (secondary N) is 1. The second-order valence-corrected chi connectivity index (χ2v) is 17.6. The van der Waals surface area contributed by atoms with Gasteiger partial charge in [0.2, 0.25) is 0 Å². The molecule has 1 N–H and O–H groups in total. The van der Waals surface area contributed by atoms with Gasteiger partial charge in [0.25, 0.3) is 0 Å². The van der Waals surface area contributed by atoms with Crippen molar-refractivity contribution in [1.29, 1.82) is 0 Å². The van der Waals surface area contributed by atoms with E-state index < -0.39 is 0 Å². The summed E-state index contributed by atoms with van der Waals surface area (Å²) in [5, 5.41) is 3.55. The van der Waals surface area contributed by atoms with Gasteiger partial charge in [-0.05, 0) is 80.9 Å². The van der Waals surface area contributed by atoms with Crippen LogP contribution in [0.2, 0.25) is 0 Å². The van der Waals surface area contributed by atoms with E-state index >= 15 is 0 Å². The van der Waals surface area contributed by atoms with Crippen molar-refractivity contribution in [2.45, 2.75) is 0 Å². The molecule has 3 radical (unpaired) electrons. The van der Waals surface area contributed by atoms with E-state index in [1.165, 1.54) is 106 Å². The first-order valence-electron chi connectivity index (χ1n) is 21.5. The average molecular weight is 960 g/mol. The normalized spacial score (nSPS) is 11.5. The number of para-hydroxylation sites is 5. The van der Waals surface area contributed by atoms with Crippen molar-refractivity contribution in [3.8, 4) is 77.9 Å². The van der Waals surface area contributed by atoms with Crippen LogP contribution < -0.4 is 10.2 Å². The van der Waals surface area contributed by atoms with Crippen LogP contribution in [0, 0.1) is 0 Å². The lowest BCUT2D eigenvalue weighted by atomic mass is 9.90. The van der Waals surface area contributed by atoms with Gasteiger partial charge in [0, 0.05) is 62.1 Å². The third-order valence-corrected chi connectivity index (χ3v) is 13.6. The fourth-order valence-corrected chi connectivity index (χ4v) is 10.4. The van der Waals surface area contributed by atoms with Gasteiger partial charge in [0.1, 0.15) is 0 Å². The molecule has 0 fully saturated rings. The first-order chi connectivity index (χ1) is 31.6. The lowest BCUT2D eigenvalue weighted by Gasteiger charge is -2.28. The van der Waals surface area contributed by atoms with E-state index in [4.69, 9.17) is 0 Å². The Morgan fingerprint density at radius 3 is 0.892 bits per heavy atom. The summed E-state index contributed by atoms with van der Waals surface area (Å²) in [7, 11) is 0. The Hall–Kier alpha value is -7.18. The highest BCUT2D eigenvalue weighted by molar-refractivity contribution is 9.11. The molecule has 0 saturated heterocycles. The fraction of sp³-hybridized carbons (Fsp3) is 0. The van der Waals surface area contributed by atoms with Crippen LogP contribution in [0.25, 0.3) is 77.9 Å². The molecule has 307 valence electrons. The molecule has 0 unspecified atom stereocenters. The zero-order chi connectivity index (χ0) is 43.0. The minimum atomic E-state index is 0. The van der Waals surface area contributed by atoms with Gasteiger partial charge in [-0.15, -0.1) is 0 Å². The molecule has 0 aliphatic carbocycles. The van der Waals surface area contributed by atoms with E-state index in [9.17, 15) is 0 Å². The van der Waals surface area contributed by atoms with Crippen LogP contribution in [0.5, 0.6) is 0 Å². The molecule has 65 heavy (non-hydrogen) atoms. The van der Waals surface area contributed by atoms with Crippen LogP contribution in [0.3, 0.4) is 0 Å².